The van der Waals surface area contributed by atoms with E-state index in [4.69, 9.17) is 14.6 Å². The van der Waals surface area contributed by atoms with Crippen molar-refractivity contribution in [1.29, 1.82) is 0 Å². The number of ether oxygens (including phenoxy) is 2. The molecule has 1 N–H and O–H groups in total. The molecule has 1 atom stereocenters. The lowest BCUT2D eigenvalue weighted by atomic mass is 10.2. The summed E-state index contributed by atoms with van der Waals surface area (Å²) in [5.74, 6) is -1.94. The predicted octanol–water partition coefficient (Wildman–Crippen LogP) is 0.679. The van der Waals surface area contributed by atoms with Gasteiger partial charge in [0.15, 0.2) is 5.75 Å². The van der Waals surface area contributed by atoms with E-state index in [-0.39, 0.29) is 18.1 Å². The summed E-state index contributed by atoms with van der Waals surface area (Å²) >= 11 is 0. The van der Waals surface area contributed by atoms with Crippen molar-refractivity contribution in [2.45, 2.75) is 19.9 Å². The molecule has 0 radical (unpaired) electrons. The minimum absolute atomic E-state index is 0.0406. The number of methoxy groups -OCH3 is 1. The maximum atomic E-state index is 11.6. The first kappa shape index (κ1) is 14.7. The molecule has 1 unspecified atom stereocenters. The lowest BCUT2D eigenvalue weighted by Gasteiger charge is -2.18. The fourth-order valence-corrected chi connectivity index (χ4v) is 1.55. The van der Waals surface area contributed by atoms with Crippen molar-refractivity contribution in [1.82, 2.24) is 4.57 Å². The Bertz CT molecular complexity index is 548. The van der Waals surface area contributed by atoms with Gasteiger partial charge in [-0.05, 0) is 13.8 Å². The summed E-state index contributed by atoms with van der Waals surface area (Å²) in [7, 11) is 1.29. The molecule has 0 aromatic carbocycles. The summed E-state index contributed by atoms with van der Waals surface area (Å²) in [6.45, 7) is 3.31. The van der Waals surface area contributed by atoms with Crippen molar-refractivity contribution in [3.8, 4) is 5.75 Å². The van der Waals surface area contributed by atoms with E-state index in [1.165, 1.54) is 20.2 Å². The number of rotatable bonds is 5. The Morgan fingerprint density at radius 1 is 1.47 bits per heavy atom. The predicted molar refractivity (Wildman–Crippen MR) is 65.6 cm³/mol. The molecule has 0 fully saturated rings. The third-order valence-electron chi connectivity index (χ3n) is 2.53. The van der Waals surface area contributed by atoms with Gasteiger partial charge in [0.05, 0.1) is 19.9 Å². The zero-order valence-corrected chi connectivity index (χ0v) is 10.9. The van der Waals surface area contributed by atoms with Crippen LogP contribution in [0.25, 0.3) is 0 Å². The maximum Gasteiger partial charge on any atom is 0.352 e. The summed E-state index contributed by atoms with van der Waals surface area (Å²) in [6.07, 6.45) is 1.19. The number of nitrogens with zero attached hydrogens (tertiary/aromatic N) is 1. The normalized spacial score (nSPS) is 11.7. The Morgan fingerprint density at radius 3 is 2.58 bits per heavy atom. The van der Waals surface area contributed by atoms with Gasteiger partial charge in [0, 0.05) is 6.07 Å². The van der Waals surface area contributed by atoms with E-state index in [2.05, 4.69) is 0 Å². The van der Waals surface area contributed by atoms with Gasteiger partial charge in [-0.3, -0.25) is 4.79 Å². The molecule has 1 heterocycles. The average molecular weight is 269 g/mol. The zero-order valence-electron chi connectivity index (χ0n) is 10.9. The second-order valence-electron chi connectivity index (χ2n) is 3.73. The fraction of sp³-hybridized carbons (Fsp3) is 0.417. The number of carboxylic acids is 1. The molecule has 19 heavy (non-hydrogen) atoms. The minimum atomic E-state index is -1.31. The van der Waals surface area contributed by atoms with Crippen molar-refractivity contribution in [2.24, 2.45) is 0 Å². The van der Waals surface area contributed by atoms with E-state index >= 15 is 0 Å². The van der Waals surface area contributed by atoms with Gasteiger partial charge in [-0.15, -0.1) is 0 Å². The lowest BCUT2D eigenvalue weighted by molar-refractivity contribution is -0.146. The molecule has 0 saturated heterocycles. The number of aromatic nitrogens is 1. The molecule has 1 aromatic heterocycles. The van der Waals surface area contributed by atoms with Crippen LogP contribution in [0.1, 0.15) is 30.4 Å². The van der Waals surface area contributed by atoms with Gasteiger partial charge in [0.2, 0.25) is 5.43 Å². The zero-order chi connectivity index (χ0) is 14.6. The number of carboxylic acid groups (broad SMARTS) is 1. The van der Waals surface area contributed by atoms with Crippen LogP contribution in [0.4, 0.5) is 0 Å². The monoisotopic (exact) mass is 269 g/mol. The molecule has 7 nitrogen and oxygen atoms in total. The molecular formula is C12H15NO6. The van der Waals surface area contributed by atoms with E-state index in [0.717, 1.165) is 10.6 Å². The average Bonchev–Trinajstić information content (AvgIpc) is 2.37. The van der Waals surface area contributed by atoms with Gasteiger partial charge in [0.25, 0.3) is 0 Å². The third kappa shape index (κ3) is 3.12. The van der Waals surface area contributed by atoms with Gasteiger partial charge in [-0.1, -0.05) is 0 Å². The maximum absolute atomic E-state index is 11.6. The molecule has 0 saturated carbocycles. The first-order valence-electron chi connectivity index (χ1n) is 5.62. The summed E-state index contributed by atoms with van der Waals surface area (Å²) in [6, 6.07) is 0.0391. The van der Waals surface area contributed by atoms with Crippen molar-refractivity contribution in [2.75, 3.05) is 13.7 Å². The molecule has 0 bridgehead atoms. The second-order valence-corrected chi connectivity index (χ2v) is 3.73. The summed E-state index contributed by atoms with van der Waals surface area (Å²) < 4.78 is 10.8. The van der Waals surface area contributed by atoms with Crippen LogP contribution in [0, 0.1) is 0 Å². The summed E-state index contributed by atoms with van der Waals surface area (Å²) in [4.78, 5) is 34.3. The Kier molecular flexibility index (Phi) is 4.68. The van der Waals surface area contributed by atoms with Crippen LogP contribution in [-0.4, -0.2) is 35.3 Å². The number of esters is 1. The van der Waals surface area contributed by atoms with Crippen LogP contribution >= 0.6 is 0 Å². The Morgan fingerprint density at radius 2 is 2.11 bits per heavy atom. The van der Waals surface area contributed by atoms with Gasteiger partial charge in [-0.2, -0.15) is 0 Å². The highest BCUT2D eigenvalue weighted by atomic mass is 16.5. The fourth-order valence-electron chi connectivity index (χ4n) is 1.55. The van der Waals surface area contributed by atoms with Crippen LogP contribution in [0.15, 0.2) is 17.1 Å². The van der Waals surface area contributed by atoms with Crippen LogP contribution < -0.4 is 10.2 Å². The largest absolute Gasteiger partial charge is 0.491 e. The molecule has 0 amide bonds. The van der Waals surface area contributed by atoms with Crippen molar-refractivity contribution >= 4 is 11.9 Å². The van der Waals surface area contributed by atoms with Crippen molar-refractivity contribution < 1.29 is 24.2 Å². The van der Waals surface area contributed by atoms with Crippen molar-refractivity contribution in [3.05, 3.63) is 28.2 Å². The number of aromatic carboxylic acids is 1. The van der Waals surface area contributed by atoms with Crippen LogP contribution in [0.3, 0.4) is 0 Å². The smallest absolute Gasteiger partial charge is 0.352 e. The second kappa shape index (κ2) is 6.03. The first-order valence-corrected chi connectivity index (χ1v) is 5.62. The van der Waals surface area contributed by atoms with E-state index in [9.17, 15) is 14.4 Å². The Labute approximate surface area is 109 Å². The molecular weight excluding hydrogens is 254 g/mol. The number of pyridine rings is 1. The van der Waals surface area contributed by atoms with E-state index in [0.29, 0.717) is 0 Å². The summed E-state index contributed by atoms with van der Waals surface area (Å²) in [5, 5.41) is 9.06. The molecule has 0 aliphatic rings. The Balaban J connectivity index is 3.34. The molecule has 104 valence electrons. The van der Waals surface area contributed by atoms with Gasteiger partial charge < -0.3 is 19.1 Å². The third-order valence-corrected chi connectivity index (χ3v) is 2.53. The molecule has 7 heteroatoms. The van der Waals surface area contributed by atoms with E-state index in [1.54, 1.807) is 6.92 Å². The van der Waals surface area contributed by atoms with Gasteiger partial charge in [-0.25, -0.2) is 9.59 Å². The molecule has 1 rings (SSSR count). The van der Waals surface area contributed by atoms with Gasteiger partial charge in [0.1, 0.15) is 11.7 Å². The minimum Gasteiger partial charge on any atom is -0.491 e. The first-order chi connectivity index (χ1) is 8.92. The van der Waals surface area contributed by atoms with Crippen LogP contribution in [-0.2, 0) is 9.53 Å². The molecule has 0 spiro atoms. The highest BCUT2D eigenvalue weighted by Gasteiger charge is 2.22. The summed E-state index contributed by atoms with van der Waals surface area (Å²) in [5.41, 5.74) is -0.862. The Hall–Kier alpha value is -2.31. The lowest BCUT2D eigenvalue weighted by Crippen LogP contribution is -2.26. The highest BCUT2D eigenvalue weighted by molar-refractivity contribution is 5.87. The quantitative estimate of drug-likeness (QED) is 0.790. The highest BCUT2D eigenvalue weighted by Crippen LogP contribution is 2.15. The molecule has 1 aromatic rings. The van der Waals surface area contributed by atoms with Gasteiger partial charge >= 0.3 is 11.9 Å². The number of carbonyl (C=O) groups is 2. The topological polar surface area (TPSA) is 94.8 Å². The molecule has 0 aliphatic carbocycles. The SMILES string of the molecule is CCOC(=O)C(C)n1cc(OC)c(=O)cc1C(=O)O. The number of hydrogen-bond acceptors (Lipinski definition) is 5. The molecule has 0 aliphatic heterocycles. The van der Waals surface area contributed by atoms with Crippen molar-refractivity contribution in [3.63, 3.8) is 0 Å². The number of carbonyl (C=O) groups excluding carboxylic acids is 1. The van der Waals surface area contributed by atoms with E-state index < -0.39 is 23.4 Å². The van der Waals surface area contributed by atoms with E-state index in [1.807, 2.05) is 0 Å². The van der Waals surface area contributed by atoms with Crippen LogP contribution in [0.2, 0.25) is 0 Å². The van der Waals surface area contributed by atoms with Crippen LogP contribution in [0.5, 0.6) is 5.75 Å². The number of hydrogen-bond donors (Lipinski definition) is 1. The standard InChI is InChI=1S/C12H15NO6/c1-4-19-12(17)7(2)13-6-10(18-3)9(14)5-8(13)11(15)16/h5-7H,4H2,1-3H3,(H,15,16).